The van der Waals surface area contributed by atoms with E-state index < -0.39 is 47.9 Å². The third-order valence-corrected chi connectivity index (χ3v) is 13.2. The molecule has 2 aliphatic heterocycles. The Kier molecular flexibility index (Phi) is 12.5. The van der Waals surface area contributed by atoms with Crippen LogP contribution in [0.1, 0.15) is 77.3 Å². The minimum atomic E-state index is -0.794. The predicted octanol–water partition coefficient (Wildman–Crippen LogP) is 4.03. The number of nitrogens with zero attached hydrogens (tertiary/aromatic N) is 2. The van der Waals surface area contributed by atoms with Crippen molar-refractivity contribution in [3.63, 3.8) is 0 Å². The number of benzene rings is 2. The van der Waals surface area contributed by atoms with Crippen LogP contribution in [0, 0.1) is 17.6 Å². The number of aliphatic hydroxyl groups excluding tert-OH is 1. The van der Waals surface area contributed by atoms with Gasteiger partial charge in [0.2, 0.25) is 23.6 Å². The van der Waals surface area contributed by atoms with E-state index in [0.717, 1.165) is 41.2 Å². The number of fused-ring (bicyclic) bond motifs is 4. The van der Waals surface area contributed by atoms with E-state index in [2.05, 4.69) is 31.2 Å². The molecule has 0 radical (unpaired) electrons. The van der Waals surface area contributed by atoms with Crippen LogP contribution in [0.2, 0.25) is 0 Å². The topological polar surface area (TPSA) is 175 Å². The minimum Gasteiger partial charge on any atom is -0.391 e. The average molecular weight is 817 g/mol. The van der Waals surface area contributed by atoms with Crippen molar-refractivity contribution >= 4 is 45.4 Å². The summed E-state index contributed by atoms with van der Waals surface area (Å²) in [4.78, 5) is 64.9. The van der Waals surface area contributed by atoms with Gasteiger partial charge in [0.15, 0.2) is 0 Å². The zero-order valence-corrected chi connectivity index (χ0v) is 34.8. The van der Waals surface area contributed by atoms with Gasteiger partial charge < -0.3 is 46.1 Å². The molecule has 1 aliphatic carbocycles. The van der Waals surface area contributed by atoms with Gasteiger partial charge in [-0.3, -0.25) is 19.2 Å². The summed E-state index contributed by atoms with van der Waals surface area (Å²) in [6.07, 6.45) is 3.75. The third-order valence-electron chi connectivity index (χ3n) is 13.2. The van der Waals surface area contributed by atoms with Crippen LogP contribution in [0.25, 0.3) is 33.2 Å². The number of aromatic nitrogens is 2. The first-order valence-corrected chi connectivity index (χ1v) is 21.1. The zero-order chi connectivity index (χ0) is 42.3. The van der Waals surface area contributed by atoms with Crippen LogP contribution in [0.5, 0.6) is 0 Å². The summed E-state index contributed by atoms with van der Waals surface area (Å²) in [6, 6.07) is 6.08. The fourth-order valence-corrected chi connectivity index (χ4v) is 9.72. The van der Waals surface area contributed by atoms with Gasteiger partial charge >= 0.3 is 0 Å². The molecule has 7 rings (SSSR count). The normalized spacial score (nSPS) is 23.5. The Morgan fingerprint density at radius 1 is 0.780 bits per heavy atom. The van der Waals surface area contributed by atoms with Crippen molar-refractivity contribution in [1.82, 2.24) is 41.0 Å². The number of likely N-dealkylation sites (N-methyl/N-ethyl adjacent to an activating group) is 2. The molecule has 3 fully saturated rings. The lowest BCUT2D eigenvalue weighted by molar-refractivity contribution is -0.140. The maximum Gasteiger partial charge on any atom is 0.245 e. The molecular formula is C44H58F2N8O5. The molecule has 4 aromatic rings. The maximum atomic E-state index is 14.9. The number of nitrogens with one attached hydrogen (secondary N) is 6. The average Bonchev–Trinajstić information content (AvgIpc) is 4.06. The van der Waals surface area contributed by atoms with Gasteiger partial charge in [-0.1, -0.05) is 13.8 Å². The van der Waals surface area contributed by atoms with Crippen LogP contribution in [-0.2, 0) is 32.0 Å². The number of hydrogen-bond acceptors (Lipinski definition) is 7. The summed E-state index contributed by atoms with van der Waals surface area (Å²) in [5.41, 5.74) is 4.09. The second-order valence-electron chi connectivity index (χ2n) is 16.8. The standard InChI is InChI=1S/C44H58F2N8O5/c1-7-34(51-41(56)22(3)47-5)43(58)53-21-29(55)18-28(53)19-32-30-13-10-25(45)16-36(30)49-39(32)40-33(31-14-11-26(46)17-37(31)50-40)20-38-24-9-12-27(15-24)54(38)44(59)35(8-2)52-42(57)23(4)48-6/h10-11,13-14,16-17,22-24,27-29,34-35,38,47-50,55H,7-9,12,15,18-21H2,1-6H3,(H,51,56)(H,52,57). The summed E-state index contributed by atoms with van der Waals surface area (Å²) >= 11 is 0. The molecule has 2 saturated heterocycles. The van der Waals surface area contributed by atoms with Crippen molar-refractivity contribution in [2.24, 2.45) is 5.92 Å². The van der Waals surface area contributed by atoms with E-state index in [4.69, 9.17) is 0 Å². The molecule has 2 aromatic carbocycles. The van der Waals surface area contributed by atoms with E-state index in [1.807, 2.05) is 18.7 Å². The third kappa shape index (κ3) is 8.21. The number of H-pyrrole nitrogens is 2. The second-order valence-corrected chi connectivity index (χ2v) is 16.8. The highest BCUT2D eigenvalue weighted by Gasteiger charge is 2.49. The van der Waals surface area contributed by atoms with E-state index in [0.29, 0.717) is 54.5 Å². The van der Waals surface area contributed by atoms with Crippen molar-refractivity contribution in [1.29, 1.82) is 0 Å². The first kappa shape index (κ1) is 42.3. The van der Waals surface area contributed by atoms with E-state index in [-0.39, 0.29) is 48.2 Å². The molecule has 4 amide bonds. The van der Waals surface area contributed by atoms with Crippen LogP contribution in [-0.4, -0.2) is 118 Å². The summed E-state index contributed by atoms with van der Waals surface area (Å²) < 4.78 is 29.8. The van der Waals surface area contributed by atoms with Gasteiger partial charge in [0, 0.05) is 46.5 Å². The fourth-order valence-electron chi connectivity index (χ4n) is 9.72. The quantitative estimate of drug-likeness (QED) is 0.0949. The number of halogens is 2. The number of amides is 4. The van der Waals surface area contributed by atoms with Gasteiger partial charge in [0.05, 0.1) is 29.6 Å². The van der Waals surface area contributed by atoms with Crippen LogP contribution in [0.15, 0.2) is 36.4 Å². The van der Waals surface area contributed by atoms with Gasteiger partial charge in [-0.2, -0.15) is 0 Å². The Bertz CT molecular complexity index is 2220. The predicted molar refractivity (Wildman–Crippen MR) is 222 cm³/mol. The number of rotatable bonds is 15. The molecule has 318 valence electrons. The van der Waals surface area contributed by atoms with Gasteiger partial charge in [-0.25, -0.2) is 8.78 Å². The van der Waals surface area contributed by atoms with Crippen LogP contribution in [0.3, 0.4) is 0 Å². The molecule has 1 saturated carbocycles. The number of carbonyl (C=O) groups excluding carboxylic acids is 4. The molecule has 15 heteroatoms. The molecule has 2 aromatic heterocycles. The Hall–Kier alpha value is -4.86. The van der Waals surface area contributed by atoms with Crippen molar-refractivity contribution in [3.8, 4) is 11.4 Å². The van der Waals surface area contributed by atoms with Gasteiger partial charge in [0.25, 0.3) is 0 Å². The summed E-state index contributed by atoms with van der Waals surface area (Å²) in [5, 5.41) is 24.2. The van der Waals surface area contributed by atoms with Gasteiger partial charge in [-0.05, 0) is 133 Å². The number of aliphatic hydroxyl groups is 1. The van der Waals surface area contributed by atoms with Crippen molar-refractivity contribution in [3.05, 3.63) is 59.2 Å². The molecule has 4 heterocycles. The first-order valence-electron chi connectivity index (χ1n) is 21.1. The molecule has 0 spiro atoms. The van der Waals surface area contributed by atoms with Crippen molar-refractivity contribution in [2.75, 3.05) is 20.6 Å². The summed E-state index contributed by atoms with van der Waals surface area (Å²) in [6.45, 7) is 7.28. The lowest BCUT2D eigenvalue weighted by atomic mass is 9.89. The molecule has 13 nitrogen and oxygen atoms in total. The van der Waals surface area contributed by atoms with E-state index in [1.165, 1.54) is 24.3 Å². The Morgan fingerprint density at radius 2 is 1.31 bits per heavy atom. The van der Waals surface area contributed by atoms with Crippen LogP contribution in [0.4, 0.5) is 8.78 Å². The molecule has 7 N–H and O–H groups in total. The lowest BCUT2D eigenvalue weighted by Crippen LogP contribution is -2.56. The lowest BCUT2D eigenvalue weighted by Gasteiger charge is -2.38. The largest absolute Gasteiger partial charge is 0.391 e. The highest BCUT2D eigenvalue weighted by molar-refractivity contribution is 5.97. The highest BCUT2D eigenvalue weighted by Crippen LogP contribution is 2.46. The number of aromatic amines is 2. The SMILES string of the molecule is CCC(NC(=O)C(C)NC)C(=O)N1CC(O)CC1Cc1c(-c2[nH]c3cc(F)ccc3c2CC2C3CCC(C3)N2C(=O)C(CC)NC(=O)C(C)NC)[nH]c2cc(F)ccc12. The monoisotopic (exact) mass is 816 g/mol. The Morgan fingerprint density at radius 3 is 1.83 bits per heavy atom. The van der Waals surface area contributed by atoms with Crippen molar-refractivity contribution < 1.29 is 33.1 Å². The van der Waals surface area contributed by atoms with E-state index in [9.17, 15) is 33.1 Å². The molecule has 59 heavy (non-hydrogen) atoms. The second kappa shape index (κ2) is 17.4. The number of carbonyl (C=O) groups is 4. The minimum absolute atomic E-state index is 0.0402. The summed E-state index contributed by atoms with van der Waals surface area (Å²) in [7, 11) is 3.37. The molecule has 9 unspecified atom stereocenters. The highest BCUT2D eigenvalue weighted by atomic mass is 19.1. The molecular weight excluding hydrogens is 759 g/mol. The first-order chi connectivity index (χ1) is 28.3. The number of likely N-dealkylation sites (tertiary alicyclic amines) is 2. The molecule has 3 aliphatic rings. The van der Waals surface area contributed by atoms with Crippen LogP contribution >= 0.6 is 0 Å². The van der Waals surface area contributed by atoms with E-state index >= 15 is 0 Å². The Labute approximate surface area is 343 Å². The summed E-state index contributed by atoms with van der Waals surface area (Å²) in [5.74, 6) is -1.57. The molecule has 9 atom stereocenters. The van der Waals surface area contributed by atoms with E-state index in [1.54, 1.807) is 45.0 Å². The Balaban J connectivity index is 1.28. The number of β-amino-alcohol motifs (C(OH)–C–C–N with tert-alkyl or cyclic N) is 1. The zero-order valence-electron chi connectivity index (χ0n) is 34.8. The fraction of sp³-hybridized carbons (Fsp3) is 0.545. The number of piperidine rings is 1. The number of hydrogen-bond donors (Lipinski definition) is 7. The van der Waals surface area contributed by atoms with Crippen LogP contribution < -0.4 is 21.3 Å². The van der Waals surface area contributed by atoms with Crippen molar-refractivity contribution in [2.45, 2.75) is 127 Å². The smallest absolute Gasteiger partial charge is 0.245 e. The van der Waals surface area contributed by atoms with Gasteiger partial charge in [0.1, 0.15) is 23.7 Å². The maximum absolute atomic E-state index is 14.9. The molecule has 2 bridgehead atoms. The van der Waals surface area contributed by atoms with Gasteiger partial charge in [-0.15, -0.1) is 0 Å².